The summed E-state index contributed by atoms with van der Waals surface area (Å²) in [5.41, 5.74) is 3.07. The second-order valence-corrected chi connectivity index (χ2v) is 10.2. The monoisotopic (exact) mass is 582 g/mol. The Balaban J connectivity index is 1.67. The Morgan fingerprint density at radius 3 is 2.94 bits per heavy atom. The van der Waals surface area contributed by atoms with E-state index < -0.39 is 21.6 Å². The molecule has 0 spiro atoms. The van der Waals surface area contributed by atoms with Crippen LogP contribution in [0.15, 0.2) is 82.5 Å². The van der Waals surface area contributed by atoms with Crippen molar-refractivity contribution >= 4 is 22.5 Å². The first kappa shape index (κ1) is 25.1. The van der Waals surface area contributed by atoms with E-state index in [4.69, 9.17) is 3.07 Å². The molecule has 0 saturated heterocycles. The van der Waals surface area contributed by atoms with Crippen LogP contribution in [0.1, 0.15) is 48.5 Å². The molecule has 1 aromatic carbocycles. The molecule has 1 fully saturated rings. The maximum absolute atomic E-state index is 13.1. The third-order valence-electron chi connectivity index (χ3n) is 5.64. The molecule has 0 unspecified atom stereocenters. The van der Waals surface area contributed by atoms with Gasteiger partial charge in [-0.3, -0.25) is 0 Å². The number of pyridine rings is 2. The van der Waals surface area contributed by atoms with E-state index in [0.717, 1.165) is 49.1 Å². The predicted octanol–water partition coefficient (Wildman–Crippen LogP) is 2.18. The third kappa shape index (κ3) is 6.35. The van der Waals surface area contributed by atoms with Crippen molar-refractivity contribution in [3.8, 4) is 5.69 Å². The number of rotatable bonds is 11. The van der Waals surface area contributed by atoms with E-state index in [-0.39, 0.29) is 22.9 Å². The Hall–Kier alpha value is -3.04. The van der Waals surface area contributed by atoms with Crippen LogP contribution in [0.2, 0.25) is 0 Å². The molecule has 1 aliphatic rings. The maximum atomic E-state index is 13.1. The van der Waals surface area contributed by atoms with Crippen LogP contribution in [0.3, 0.4) is 0 Å². The van der Waals surface area contributed by atoms with Crippen molar-refractivity contribution in [1.29, 1.82) is 0 Å². The molecule has 3 aromatic rings. The number of nitrogens with zero attached hydrogens (tertiary/aromatic N) is 2. The fourth-order valence-electron chi connectivity index (χ4n) is 3.58. The van der Waals surface area contributed by atoms with Crippen LogP contribution in [0, 0.1) is 0 Å². The Morgan fingerprint density at radius 1 is 1.31 bits per heavy atom. The fraction of sp³-hybridized carbons (Fsp3) is 0.250. The van der Waals surface area contributed by atoms with Crippen LogP contribution in [0.25, 0.3) is 22.3 Å². The van der Waals surface area contributed by atoms with E-state index in [1.54, 1.807) is 24.5 Å². The molecular weight excluding hydrogens is 553 g/mol. The Bertz CT molecular complexity index is 1340. The van der Waals surface area contributed by atoms with Crippen LogP contribution in [-0.2, 0) is 3.07 Å². The van der Waals surface area contributed by atoms with Gasteiger partial charge in [-0.25, -0.2) is 0 Å². The van der Waals surface area contributed by atoms with Gasteiger partial charge in [0.25, 0.3) is 0 Å². The first-order chi connectivity index (χ1) is 17.1. The molecule has 7 heteroatoms. The number of allylic oxidation sites excluding steroid dienone is 4. The Morgan fingerprint density at radius 2 is 2.17 bits per heavy atom. The van der Waals surface area contributed by atoms with Crippen molar-refractivity contribution in [2.24, 2.45) is 0 Å². The molecular formula is C28H29IN3O3-. The van der Waals surface area contributed by atoms with Crippen LogP contribution in [0.4, 0.5) is 0 Å². The van der Waals surface area contributed by atoms with Gasteiger partial charge in [-0.05, 0) is 12.8 Å². The van der Waals surface area contributed by atoms with Gasteiger partial charge in [0.2, 0.25) is 0 Å². The van der Waals surface area contributed by atoms with Crippen LogP contribution < -0.4 is 32.4 Å². The molecule has 2 aromatic heterocycles. The van der Waals surface area contributed by atoms with Crippen molar-refractivity contribution < 1.29 is 29.5 Å². The minimum absolute atomic E-state index is 0.122. The third-order valence-corrected chi connectivity index (χ3v) is 7.14. The molecule has 1 amide bonds. The van der Waals surface area contributed by atoms with Crippen molar-refractivity contribution in [1.82, 2.24) is 14.9 Å². The van der Waals surface area contributed by atoms with Gasteiger partial charge in [0.05, 0.1) is 0 Å². The average molecular weight is 582 g/mol. The standard InChI is InChI=1S/C28H29IN3O3/c1-3-5-17-35-29-15-7-10-20(4-2)21-9-6-11-23(18-21)32-19-25(28(34)31-22-13-14-22)26(33)24-12-8-16-30-27(24)32/h4,6-12,15-16,18-19,22H,2-3,5,13-14,17H2,1H3,(H,31,34)/q-1/b15-7-,20-10+. The molecule has 182 valence electrons. The molecule has 1 aliphatic carbocycles. The molecule has 4 rings (SSSR count). The number of carbonyl (C=O) groups is 1. The van der Waals surface area contributed by atoms with Gasteiger partial charge >= 0.3 is 198 Å². The zero-order valence-corrected chi connectivity index (χ0v) is 21.9. The number of fused-ring (bicyclic) bond motifs is 1. The summed E-state index contributed by atoms with van der Waals surface area (Å²) < 4.78 is 9.58. The van der Waals surface area contributed by atoms with E-state index in [0.29, 0.717) is 11.0 Å². The number of nitrogens with one attached hydrogen (secondary N) is 1. The number of hydrogen-bond donors (Lipinski definition) is 1. The molecule has 2 heterocycles. The van der Waals surface area contributed by atoms with Crippen molar-refractivity contribution in [2.75, 3.05) is 6.61 Å². The molecule has 0 aliphatic heterocycles. The molecule has 0 radical (unpaired) electrons. The number of amides is 1. The van der Waals surface area contributed by atoms with Crippen LogP contribution in [0.5, 0.6) is 0 Å². The SMILES string of the molecule is C=C/C(=C\C=C/[I-]OCCCC)c1cccc(-n2cc(C(=O)NC3CC3)c(=O)c3cccnc32)c1. The quantitative estimate of drug-likeness (QED) is 0.214. The van der Waals surface area contributed by atoms with E-state index in [2.05, 4.69) is 27.9 Å². The van der Waals surface area contributed by atoms with E-state index in [1.807, 2.05) is 47.1 Å². The zero-order valence-electron chi connectivity index (χ0n) is 19.7. The number of unbranched alkanes of at least 4 members (excludes halogenated alkanes) is 1. The summed E-state index contributed by atoms with van der Waals surface area (Å²) in [6.45, 7) is 6.94. The summed E-state index contributed by atoms with van der Waals surface area (Å²) in [7, 11) is 0. The van der Waals surface area contributed by atoms with Crippen molar-refractivity contribution in [3.63, 3.8) is 0 Å². The van der Waals surface area contributed by atoms with Gasteiger partial charge < -0.3 is 0 Å². The van der Waals surface area contributed by atoms with Gasteiger partial charge in [-0.2, -0.15) is 0 Å². The summed E-state index contributed by atoms with van der Waals surface area (Å²) in [4.78, 5) is 30.3. The summed E-state index contributed by atoms with van der Waals surface area (Å²) in [5.74, 6) is -0.338. The molecule has 1 saturated carbocycles. The van der Waals surface area contributed by atoms with E-state index in [9.17, 15) is 9.59 Å². The van der Waals surface area contributed by atoms with Gasteiger partial charge in [0.15, 0.2) is 0 Å². The normalized spacial score (nSPS) is 14.0. The second-order valence-electron chi connectivity index (χ2n) is 8.31. The molecule has 1 N–H and O–H groups in total. The number of halogens is 1. The zero-order chi connectivity index (χ0) is 24.6. The van der Waals surface area contributed by atoms with E-state index in [1.165, 1.54) is 0 Å². The fourth-order valence-corrected chi connectivity index (χ4v) is 4.73. The minimum atomic E-state index is -0.414. The number of benzene rings is 1. The van der Waals surface area contributed by atoms with Crippen molar-refractivity contribution in [2.45, 2.75) is 38.6 Å². The van der Waals surface area contributed by atoms with Crippen LogP contribution in [-0.4, -0.2) is 28.1 Å². The van der Waals surface area contributed by atoms with Gasteiger partial charge in [-0.1, -0.05) is 0 Å². The average Bonchev–Trinajstić information content (AvgIpc) is 3.70. The Labute approximate surface area is 216 Å². The summed E-state index contributed by atoms with van der Waals surface area (Å²) in [5, 5.41) is 3.34. The number of aromatic nitrogens is 2. The van der Waals surface area contributed by atoms with E-state index >= 15 is 0 Å². The summed E-state index contributed by atoms with van der Waals surface area (Å²) in [6.07, 6.45) is 13.2. The number of hydrogen-bond acceptors (Lipinski definition) is 4. The second kappa shape index (κ2) is 12.1. The van der Waals surface area contributed by atoms with Gasteiger partial charge in [0.1, 0.15) is 0 Å². The van der Waals surface area contributed by atoms with Gasteiger partial charge in [-0.15, -0.1) is 0 Å². The van der Waals surface area contributed by atoms with Crippen molar-refractivity contribution in [3.05, 3.63) is 99.0 Å². The predicted molar refractivity (Wildman–Crippen MR) is 136 cm³/mol. The summed E-state index contributed by atoms with van der Waals surface area (Å²) in [6, 6.07) is 11.5. The topological polar surface area (TPSA) is 73.2 Å². The summed E-state index contributed by atoms with van der Waals surface area (Å²) >= 11 is -0.414. The first-order valence-electron chi connectivity index (χ1n) is 11.8. The number of carbonyl (C=O) groups excluding carboxylic acids is 1. The molecule has 0 bridgehead atoms. The molecule has 6 nitrogen and oxygen atoms in total. The molecule has 35 heavy (non-hydrogen) atoms. The van der Waals surface area contributed by atoms with Crippen LogP contribution >= 0.6 is 0 Å². The first-order valence-corrected chi connectivity index (χ1v) is 13.9. The van der Waals surface area contributed by atoms with Gasteiger partial charge in [0, 0.05) is 6.04 Å². The molecule has 0 atom stereocenters. The Kier molecular flexibility index (Phi) is 8.65.